The van der Waals surface area contributed by atoms with Crippen LogP contribution in [0.15, 0.2) is 24.3 Å². The molecule has 0 saturated heterocycles. The van der Waals surface area contributed by atoms with E-state index in [2.05, 4.69) is 48.4 Å². The van der Waals surface area contributed by atoms with Crippen LogP contribution in [0, 0.1) is 13.8 Å². The van der Waals surface area contributed by atoms with Gasteiger partial charge in [-0.1, -0.05) is 12.1 Å². The predicted molar refractivity (Wildman–Crippen MR) is 93.4 cm³/mol. The molecule has 1 N–H and O–H groups in total. The molecule has 2 rings (SSSR count). The van der Waals surface area contributed by atoms with Crippen LogP contribution in [0.25, 0.3) is 0 Å². The zero-order valence-corrected chi connectivity index (χ0v) is 14.4. The minimum Gasteiger partial charge on any atom is -0.384 e. The zero-order valence-electron chi connectivity index (χ0n) is 12.8. The normalized spacial score (nSPS) is 10.8. The summed E-state index contributed by atoms with van der Waals surface area (Å²) in [6, 6.07) is 8.63. The molecule has 21 heavy (non-hydrogen) atoms. The number of thioether (sulfide) groups is 1. The maximum Gasteiger partial charge on any atom is 0.0900 e. The molecule has 3 nitrogen and oxygen atoms in total. The van der Waals surface area contributed by atoms with Gasteiger partial charge in [0.15, 0.2) is 0 Å². The second kappa shape index (κ2) is 8.41. The van der Waals surface area contributed by atoms with Gasteiger partial charge in [0.25, 0.3) is 0 Å². The Kier molecular flexibility index (Phi) is 6.54. The molecule has 5 heteroatoms. The van der Waals surface area contributed by atoms with Crippen molar-refractivity contribution in [1.29, 1.82) is 0 Å². The van der Waals surface area contributed by atoms with E-state index < -0.39 is 0 Å². The number of methoxy groups -OCH3 is 1. The summed E-state index contributed by atoms with van der Waals surface area (Å²) in [5, 5.41) is 4.63. The summed E-state index contributed by atoms with van der Waals surface area (Å²) in [7, 11) is 1.74. The molecule has 1 aromatic heterocycles. The quantitative estimate of drug-likeness (QED) is 0.737. The maximum atomic E-state index is 5.07. The molecule has 0 fully saturated rings. The Morgan fingerprint density at radius 3 is 2.90 bits per heavy atom. The Labute approximate surface area is 135 Å². The number of rotatable bonds is 8. The van der Waals surface area contributed by atoms with E-state index in [4.69, 9.17) is 4.74 Å². The third-order valence-electron chi connectivity index (χ3n) is 3.08. The van der Waals surface area contributed by atoms with Gasteiger partial charge in [0.05, 0.1) is 23.9 Å². The summed E-state index contributed by atoms with van der Waals surface area (Å²) in [5.41, 5.74) is 3.65. The van der Waals surface area contributed by atoms with Crippen LogP contribution in [0.4, 0.5) is 5.69 Å². The number of hydrogen-bond donors (Lipinski definition) is 1. The number of benzene rings is 1. The third kappa shape index (κ3) is 5.34. The summed E-state index contributed by atoms with van der Waals surface area (Å²) < 4.78 is 5.07. The van der Waals surface area contributed by atoms with Crippen molar-refractivity contribution in [3.63, 3.8) is 0 Å². The first kappa shape index (κ1) is 16.3. The lowest BCUT2D eigenvalue weighted by atomic mass is 10.2. The van der Waals surface area contributed by atoms with Crippen LogP contribution in [0.3, 0.4) is 0 Å². The molecular formula is C16H22N2OS2. The fourth-order valence-electron chi connectivity index (χ4n) is 2.02. The maximum absolute atomic E-state index is 5.07. The van der Waals surface area contributed by atoms with Crippen LogP contribution in [-0.4, -0.2) is 24.5 Å². The largest absolute Gasteiger partial charge is 0.384 e. The summed E-state index contributed by atoms with van der Waals surface area (Å²) >= 11 is 3.66. The second-order valence-electron chi connectivity index (χ2n) is 4.84. The fraction of sp³-hybridized carbons (Fsp3) is 0.438. The molecule has 0 amide bonds. The second-order valence-corrected chi connectivity index (χ2v) is 7.23. The van der Waals surface area contributed by atoms with Gasteiger partial charge in [0.2, 0.25) is 0 Å². The molecule has 0 aliphatic rings. The molecule has 0 bridgehead atoms. The van der Waals surface area contributed by atoms with Crippen LogP contribution >= 0.6 is 23.1 Å². The molecule has 0 aliphatic heterocycles. The van der Waals surface area contributed by atoms with Crippen molar-refractivity contribution in [1.82, 2.24) is 4.98 Å². The SMILES string of the molecule is COCCSCc1cccc(NCc2sc(C)nc2C)c1. The van der Waals surface area contributed by atoms with Crippen LogP contribution in [0.1, 0.15) is 21.1 Å². The standard InChI is InChI=1S/C16H22N2OS2/c1-12-16(21-13(2)18-12)10-17-15-6-4-5-14(9-15)11-20-8-7-19-3/h4-6,9,17H,7-8,10-11H2,1-3H3. The van der Waals surface area contributed by atoms with Gasteiger partial charge < -0.3 is 10.1 Å². The van der Waals surface area contributed by atoms with E-state index in [-0.39, 0.29) is 0 Å². The molecule has 0 atom stereocenters. The first-order valence-electron chi connectivity index (χ1n) is 7.01. The predicted octanol–water partition coefficient (Wildman–Crippen LogP) is 4.25. The van der Waals surface area contributed by atoms with Crippen LogP contribution < -0.4 is 5.32 Å². The number of aromatic nitrogens is 1. The molecule has 114 valence electrons. The first-order chi connectivity index (χ1) is 10.2. The van der Waals surface area contributed by atoms with E-state index in [0.717, 1.165) is 35.4 Å². The highest BCUT2D eigenvalue weighted by Gasteiger charge is 2.04. The van der Waals surface area contributed by atoms with E-state index in [1.807, 2.05) is 11.8 Å². The summed E-state index contributed by atoms with van der Waals surface area (Å²) in [5.74, 6) is 2.06. The van der Waals surface area contributed by atoms with Gasteiger partial charge >= 0.3 is 0 Å². The molecule has 0 aliphatic carbocycles. The number of nitrogens with zero attached hydrogens (tertiary/aromatic N) is 1. The topological polar surface area (TPSA) is 34.1 Å². The van der Waals surface area contributed by atoms with E-state index in [1.54, 1.807) is 18.4 Å². The summed E-state index contributed by atoms with van der Waals surface area (Å²) in [6.07, 6.45) is 0. The molecule has 0 unspecified atom stereocenters. The van der Waals surface area contributed by atoms with Crippen molar-refractivity contribution in [3.8, 4) is 0 Å². The molecule has 0 spiro atoms. The fourth-order valence-corrected chi connectivity index (χ4v) is 3.74. The number of ether oxygens (including phenoxy) is 1. The average molecular weight is 322 g/mol. The molecule has 0 radical (unpaired) electrons. The van der Waals surface area contributed by atoms with Crippen molar-refractivity contribution >= 4 is 28.8 Å². The van der Waals surface area contributed by atoms with E-state index in [1.165, 1.54) is 16.1 Å². The highest BCUT2D eigenvalue weighted by molar-refractivity contribution is 7.98. The third-order valence-corrected chi connectivity index (χ3v) is 5.15. The molecule has 1 heterocycles. The Hall–Kier alpha value is -1.04. The Bertz CT molecular complexity index is 569. The van der Waals surface area contributed by atoms with E-state index in [9.17, 15) is 0 Å². The monoisotopic (exact) mass is 322 g/mol. The summed E-state index contributed by atoms with van der Waals surface area (Å²) in [6.45, 7) is 5.78. The number of thiazole rings is 1. The Balaban J connectivity index is 1.87. The van der Waals surface area contributed by atoms with Crippen molar-refractivity contribution in [2.24, 2.45) is 0 Å². The van der Waals surface area contributed by atoms with E-state index in [0.29, 0.717) is 0 Å². The zero-order chi connectivity index (χ0) is 15.1. The van der Waals surface area contributed by atoms with Crippen molar-refractivity contribution in [2.75, 3.05) is 24.8 Å². The molecular weight excluding hydrogens is 300 g/mol. The van der Waals surface area contributed by atoms with Crippen molar-refractivity contribution < 1.29 is 4.74 Å². The molecule has 1 aromatic carbocycles. The van der Waals surface area contributed by atoms with Gasteiger partial charge in [-0.2, -0.15) is 11.8 Å². The Morgan fingerprint density at radius 2 is 2.19 bits per heavy atom. The van der Waals surface area contributed by atoms with Crippen molar-refractivity contribution in [2.45, 2.75) is 26.1 Å². The number of anilines is 1. The van der Waals surface area contributed by atoms with Crippen molar-refractivity contribution in [3.05, 3.63) is 45.4 Å². The lowest BCUT2D eigenvalue weighted by Crippen LogP contribution is -1.99. The number of aryl methyl sites for hydroxylation is 2. The van der Waals surface area contributed by atoms with Crippen LogP contribution in [0.5, 0.6) is 0 Å². The van der Waals surface area contributed by atoms with Crippen LogP contribution in [-0.2, 0) is 17.0 Å². The van der Waals surface area contributed by atoms with Gasteiger partial charge in [-0.3, -0.25) is 0 Å². The number of hydrogen-bond acceptors (Lipinski definition) is 5. The van der Waals surface area contributed by atoms with E-state index >= 15 is 0 Å². The lowest BCUT2D eigenvalue weighted by Gasteiger charge is -2.08. The minimum absolute atomic E-state index is 0.812. The highest BCUT2D eigenvalue weighted by atomic mass is 32.2. The Morgan fingerprint density at radius 1 is 1.33 bits per heavy atom. The smallest absolute Gasteiger partial charge is 0.0900 e. The highest BCUT2D eigenvalue weighted by Crippen LogP contribution is 2.20. The minimum atomic E-state index is 0.812. The van der Waals surface area contributed by atoms with Gasteiger partial charge in [0.1, 0.15) is 0 Å². The molecule has 2 aromatic rings. The number of nitrogens with one attached hydrogen (secondary N) is 1. The summed E-state index contributed by atoms with van der Waals surface area (Å²) in [4.78, 5) is 5.77. The first-order valence-corrected chi connectivity index (χ1v) is 8.98. The average Bonchev–Trinajstić information content (AvgIpc) is 2.80. The van der Waals surface area contributed by atoms with Gasteiger partial charge in [-0.15, -0.1) is 11.3 Å². The van der Waals surface area contributed by atoms with Crippen LogP contribution in [0.2, 0.25) is 0 Å². The molecule has 0 saturated carbocycles. The lowest BCUT2D eigenvalue weighted by molar-refractivity contribution is 0.218. The van der Waals surface area contributed by atoms with Gasteiger partial charge in [-0.25, -0.2) is 4.98 Å². The van der Waals surface area contributed by atoms with Gasteiger partial charge in [0, 0.05) is 29.2 Å². The van der Waals surface area contributed by atoms with Gasteiger partial charge in [-0.05, 0) is 31.5 Å².